The molecule has 3 heteroatoms. The first kappa shape index (κ1) is 12.8. The molecule has 0 bridgehead atoms. The Balaban J connectivity index is 4.34. The van der Waals surface area contributed by atoms with Crippen LogP contribution < -0.4 is 0 Å². The van der Waals surface area contributed by atoms with Gasteiger partial charge in [-0.05, 0) is 26.9 Å². The fourth-order valence-corrected chi connectivity index (χ4v) is 3.80. The Morgan fingerprint density at radius 1 is 1.31 bits per heavy atom. The van der Waals surface area contributed by atoms with Crippen LogP contribution in [-0.4, -0.2) is 20.2 Å². The van der Waals surface area contributed by atoms with E-state index in [2.05, 4.69) is 13.1 Å². The van der Waals surface area contributed by atoms with Crippen LogP contribution in [0.2, 0.25) is 18.6 Å². The van der Waals surface area contributed by atoms with E-state index in [1.54, 1.807) is 0 Å². The van der Waals surface area contributed by atoms with Gasteiger partial charge in [0.1, 0.15) is 5.78 Å². The van der Waals surface area contributed by atoms with Gasteiger partial charge in [0.15, 0.2) is 8.32 Å². The Hall–Kier alpha value is -0.153. The average molecular weight is 202 g/mol. The van der Waals surface area contributed by atoms with Gasteiger partial charge in [-0.25, -0.2) is 0 Å². The standard InChI is InChI=1S/C10H22O2Si/c1-7-10(11)9(4)13(5,6)12-8(2)3/h8-9H,7H2,1-6H3/t9-/m1/s1. The molecule has 0 heterocycles. The minimum Gasteiger partial charge on any atom is -0.414 e. The summed E-state index contributed by atoms with van der Waals surface area (Å²) in [6.07, 6.45) is 0.854. The summed E-state index contributed by atoms with van der Waals surface area (Å²) >= 11 is 0. The summed E-state index contributed by atoms with van der Waals surface area (Å²) in [7, 11) is -1.80. The third-order valence-corrected chi connectivity index (χ3v) is 5.90. The van der Waals surface area contributed by atoms with Crippen molar-refractivity contribution in [2.75, 3.05) is 0 Å². The van der Waals surface area contributed by atoms with Crippen LogP contribution in [0.25, 0.3) is 0 Å². The van der Waals surface area contributed by atoms with Crippen molar-refractivity contribution in [1.29, 1.82) is 0 Å². The lowest BCUT2D eigenvalue weighted by atomic mass is 10.2. The Bertz CT molecular complexity index is 176. The van der Waals surface area contributed by atoms with Gasteiger partial charge in [0, 0.05) is 18.1 Å². The van der Waals surface area contributed by atoms with Gasteiger partial charge < -0.3 is 4.43 Å². The minimum atomic E-state index is -1.80. The summed E-state index contributed by atoms with van der Waals surface area (Å²) in [5.41, 5.74) is 0.111. The first-order chi connectivity index (χ1) is 5.81. The van der Waals surface area contributed by atoms with Gasteiger partial charge in [-0.15, -0.1) is 0 Å². The summed E-state index contributed by atoms with van der Waals surface area (Å²) in [6, 6.07) is 0. The summed E-state index contributed by atoms with van der Waals surface area (Å²) in [4.78, 5) is 11.5. The number of carbonyl (C=O) groups excluding carboxylic acids is 1. The molecule has 0 N–H and O–H groups in total. The van der Waals surface area contributed by atoms with E-state index < -0.39 is 8.32 Å². The highest BCUT2D eigenvalue weighted by molar-refractivity contribution is 6.75. The Morgan fingerprint density at radius 3 is 2.08 bits per heavy atom. The van der Waals surface area contributed by atoms with Crippen molar-refractivity contribution in [3.63, 3.8) is 0 Å². The number of carbonyl (C=O) groups is 1. The summed E-state index contributed by atoms with van der Waals surface area (Å²) in [5.74, 6) is 0.331. The van der Waals surface area contributed by atoms with Crippen molar-refractivity contribution in [2.24, 2.45) is 0 Å². The second-order valence-electron chi connectivity index (χ2n) is 4.31. The molecule has 2 nitrogen and oxygen atoms in total. The molecule has 0 rings (SSSR count). The Labute approximate surface area is 82.8 Å². The van der Waals surface area contributed by atoms with Crippen LogP contribution in [0.15, 0.2) is 0 Å². The predicted molar refractivity (Wildman–Crippen MR) is 58.4 cm³/mol. The third-order valence-electron chi connectivity index (χ3n) is 2.41. The molecule has 0 aromatic carbocycles. The molecule has 0 fully saturated rings. The highest BCUT2D eigenvalue weighted by atomic mass is 28.4. The topological polar surface area (TPSA) is 26.3 Å². The fourth-order valence-electron chi connectivity index (χ4n) is 1.40. The van der Waals surface area contributed by atoms with E-state index >= 15 is 0 Å². The molecule has 0 unspecified atom stereocenters. The lowest BCUT2D eigenvalue weighted by molar-refractivity contribution is -0.118. The van der Waals surface area contributed by atoms with Crippen molar-refractivity contribution >= 4 is 14.1 Å². The lowest BCUT2D eigenvalue weighted by Crippen LogP contribution is -2.41. The Morgan fingerprint density at radius 2 is 1.77 bits per heavy atom. The zero-order valence-electron chi connectivity index (χ0n) is 9.68. The first-order valence-electron chi connectivity index (χ1n) is 5.01. The van der Waals surface area contributed by atoms with Crippen molar-refractivity contribution in [3.05, 3.63) is 0 Å². The number of ketones is 1. The molecule has 0 aliphatic carbocycles. The SMILES string of the molecule is CCC(=O)[C@@H](C)[Si](C)(C)OC(C)C. The van der Waals surface area contributed by atoms with Gasteiger partial charge in [-0.2, -0.15) is 0 Å². The summed E-state index contributed by atoms with van der Waals surface area (Å²) in [6.45, 7) is 12.2. The molecule has 0 amide bonds. The molecule has 0 aliphatic rings. The van der Waals surface area contributed by atoms with Crippen LogP contribution in [0.3, 0.4) is 0 Å². The van der Waals surface area contributed by atoms with Crippen molar-refractivity contribution in [2.45, 2.75) is 58.9 Å². The van der Waals surface area contributed by atoms with Gasteiger partial charge >= 0.3 is 0 Å². The number of hydrogen-bond donors (Lipinski definition) is 0. The average Bonchev–Trinajstić information content (AvgIpc) is 1.99. The quantitative estimate of drug-likeness (QED) is 0.641. The molecule has 0 aromatic heterocycles. The minimum absolute atomic E-state index is 0.111. The Kier molecular flexibility index (Phi) is 4.85. The van der Waals surface area contributed by atoms with Crippen LogP contribution in [-0.2, 0) is 9.22 Å². The van der Waals surface area contributed by atoms with Crippen molar-refractivity contribution in [3.8, 4) is 0 Å². The van der Waals surface area contributed by atoms with Gasteiger partial charge in [0.05, 0.1) is 0 Å². The van der Waals surface area contributed by atoms with Crippen LogP contribution >= 0.6 is 0 Å². The number of rotatable bonds is 5. The van der Waals surface area contributed by atoms with Crippen LogP contribution in [0.1, 0.15) is 34.1 Å². The van der Waals surface area contributed by atoms with E-state index in [0.29, 0.717) is 12.2 Å². The molecular formula is C10H22O2Si. The van der Waals surface area contributed by atoms with Gasteiger partial charge in [-0.1, -0.05) is 13.8 Å². The van der Waals surface area contributed by atoms with E-state index in [1.807, 2.05) is 27.7 Å². The third kappa shape index (κ3) is 4.05. The maximum Gasteiger partial charge on any atom is 0.197 e. The highest BCUT2D eigenvalue weighted by Gasteiger charge is 2.35. The monoisotopic (exact) mass is 202 g/mol. The van der Waals surface area contributed by atoms with Crippen LogP contribution in [0.4, 0.5) is 0 Å². The molecular weight excluding hydrogens is 180 g/mol. The normalized spacial score (nSPS) is 14.7. The molecule has 78 valence electrons. The van der Waals surface area contributed by atoms with Crippen LogP contribution in [0, 0.1) is 0 Å². The maximum absolute atomic E-state index is 11.5. The molecule has 0 spiro atoms. The van der Waals surface area contributed by atoms with Crippen molar-refractivity contribution in [1.82, 2.24) is 0 Å². The maximum atomic E-state index is 11.5. The van der Waals surface area contributed by atoms with E-state index in [1.165, 1.54) is 0 Å². The highest BCUT2D eigenvalue weighted by Crippen LogP contribution is 2.25. The smallest absolute Gasteiger partial charge is 0.197 e. The molecule has 13 heavy (non-hydrogen) atoms. The van der Waals surface area contributed by atoms with E-state index in [-0.39, 0.29) is 11.6 Å². The molecule has 0 saturated heterocycles. The van der Waals surface area contributed by atoms with Gasteiger partial charge in [-0.3, -0.25) is 4.79 Å². The molecule has 0 saturated carbocycles. The molecule has 1 atom stereocenters. The van der Waals surface area contributed by atoms with Crippen LogP contribution in [0.5, 0.6) is 0 Å². The number of Topliss-reactive ketones (excluding diaryl/α,β-unsaturated/α-hetero) is 1. The second-order valence-corrected chi connectivity index (χ2v) is 8.62. The molecule has 0 aromatic rings. The van der Waals surface area contributed by atoms with Gasteiger partial charge in [0.2, 0.25) is 0 Å². The predicted octanol–water partition coefficient (Wildman–Crippen LogP) is 2.99. The summed E-state index contributed by atoms with van der Waals surface area (Å²) < 4.78 is 5.84. The summed E-state index contributed by atoms with van der Waals surface area (Å²) in [5, 5.41) is 0. The zero-order chi connectivity index (χ0) is 10.6. The molecule has 0 radical (unpaired) electrons. The number of hydrogen-bond acceptors (Lipinski definition) is 2. The lowest BCUT2D eigenvalue weighted by Gasteiger charge is -2.30. The van der Waals surface area contributed by atoms with E-state index in [9.17, 15) is 4.79 Å². The van der Waals surface area contributed by atoms with E-state index in [4.69, 9.17) is 4.43 Å². The fraction of sp³-hybridized carbons (Fsp3) is 0.900. The zero-order valence-corrected chi connectivity index (χ0v) is 10.7. The van der Waals surface area contributed by atoms with Gasteiger partial charge in [0.25, 0.3) is 0 Å². The molecule has 0 aliphatic heterocycles. The van der Waals surface area contributed by atoms with E-state index in [0.717, 1.165) is 0 Å². The second kappa shape index (κ2) is 4.91. The first-order valence-corrected chi connectivity index (χ1v) is 8.00. The largest absolute Gasteiger partial charge is 0.414 e. The van der Waals surface area contributed by atoms with Crippen molar-refractivity contribution < 1.29 is 9.22 Å².